The van der Waals surface area contributed by atoms with Gasteiger partial charge in [-0.2, -0.15) is 4.98 Å². The molecule has 7 nitrogen and oxygen atoms in total. The third kappa shape index (κ3) is 5.84. The molecule has 2 aliphatic rings. The van der Waals surface area contributed by atoms with Crippen molar-refractivity contribution < 1.29 is 5.11 Å². The number of hydrogen-bond acceptors (Lipinski definition) is 6. The van der Waals surface area contributed by atoms with E-state index in [9.17, 15) is 5.11 Å². The lowest BCUT2D eigenvalue weighted by Crippen LogP contribution is -2.46. The van der Waals surface area contributed by atoms with Crippen molar-refractivity contribution in [1.82, 2.24) is 24.3 Å². The average Bonchev–Trinajstić information content (AvgIpc) is 3.32. The van der Waals surface area contributed by atoms with Gasteiger partial charge in [0, 0.05) is 68.2 Å². The molecule has 2 fully saturated rings. The van der Waals surface area contributed by atoms with Crippen LogP contribution in [0.3, 0.4) is 0 Å². The summed E-state index contributed by atoms with van der Waals surface area (Å²) in [5.74, 6) is 0.704. The van der Waals surface area contributed by atoms with Crippen molar-refractivity contribution in [3.8, 4) is 11.1 Å². The number of benzene rings is 1. The number of aromatic nitrogens is 3. The molecule has 7 heteroatoms. The Labute approximate surface area is 221 Å². The zero-order chi connectivity index (χ0) is 25.8. The van der Waals surface area contributed by atoms with Gasteiger partial charge in [0.25, 0.3) is 0 Å². The van der Waals surface area contributed by atoms with Gasteiger partial charge in [-0.05, 0) is 56.7 Å². The van der Waals surface area contributed by atoms with E-state index in [2.05, 4.69) is 75.9 Å². The number of piperazine rings is 1. The highest BCUT2D eigenvalue weighted by Crippen LogP contribution is 2.37. The maximum atomic E-state index is 10.1. The topological polar surface area (TPSA) is 69.5 Å². The number of nitrogens with one attached hydrogen (secondary N) is 1. The molecular weight excluding hydrogens is 460 g/mol. The lowest BCUT2D eigenvalue weighted by Gasteiger charge is -2.37. The molecule has 1 saturated heterocycles. The minimum Gasteiger partial charge on any atom is -0.393 e. The summed E-state index contributed by atoms with van der Waals surface area (Å²) in [6.45, 7) is 13.4. The van der Waals surface area contributed by atoms with E-state index < -0.39 is 0 Å². The van der Waals surface area contributed by atoms with Crippen LogP contribution in [0.4, 0.5) is 5.95 Å². The number of aliphatic hydroxyl groups excluding tert-OH is 1. The van der Waals surface area contributed by atoms with Crippen LogP contribution in [-0.2, 0) is 0 Å². The van der Waals surface area contributed by atoms with Gasteiger partial charge in [-0.15, -0.1) is 0 Å². The van der Waals surface area contributed by atoms with Gasteiger partial charge < -0.3 is 19.9 Å². The molecule has 1 saturated carbocycles. The molecule has 1 aliphatic heterocycles. The van der Waals surface area contributed by atoms with Gasteiger partial charge >= 0.3 is 0 Å². The zero-order valence-electron chi connectivity index (χ0n) is 22.9. The Morgan fingerprint density at radius 1 is 1.03 bits per heavy atom. The molecule has 3 aromatic rings. The summed E-state index contributed by atoms with van der Waals surface area (Å²) in [7, 11) is 0. The average molecular weight is 505 g/mol. The van der Waals surface area contributed by atoms with Crippen LogP contribution >= 0.6 is 0 Å². The fourth-order valence-electron chi connectivity index (χ4n) is 5.96. The van der Waals surface area contributed by atoms with Crippen LogP contribution in [0.15, 0.2) is 36.7 Å². The van der Waals surface area contributed by atoms with Crippen LogP contribution in [0, 0.1) is 0 Å². The normalized spacial score (nSPS) is 22.4. The molecule has 2 N–H and O–H groups in total. The van der Waals surface area contributed by atoms with Gasteiger partial charge in [0.15, 0.2) is 0 Å². The molecular formula is C30H44N6O. The summed E-state index contributed by atoms with van der Waals surface area (Å²) >= 11 is 0. The number of anilines is 1. The van der Waals surface area contributed by atoms with E-state index in [0.717, 1.165) is 88.8 Å². The molecule has 5 rings (SSSR count). The van der Waals surface area contributed by atoms with E-state index in [1.165, 1.54) is 16.7 Å². The molecule has 3 heterocycles. The molecule has 0 bridgehead atoms. The quantitative estimate of drug-likeness (QED) is 0.376. The lowest BCUT2D eigenvalue weighted by atomic mass is 9.93. The van der Waals surface area contributed by atoms with Crippen LogP contribution in [0.5, 0.6) is 0 Å². The number of rotatable bonds is 9. The number of likely N-dealkylation sites (N-methyl/N-ethyl adjacent to an activating group) is 1. The summed E-state index contributed by atoms with van der Waals surface area (Å²) in [4.78, 5) is 14.8. The number of nitrogens with zero attached hydrogens (tertiary/aromatic N) is 5. The summed E-state index contributed by atoms with van der Waals surface area (Å²) < 4.78 is 2.35. The van der Waals surface area contributed by atoms with Gasteiger partial charge in [0.1, 0.15) is 5.65 Å². The molecule has 1 aliphatic carbocycles. The van der Waals surface area contributed by atoms with Crippen LogP contribution in [0.1, 0.15) is 76.9 Å². The Hall–Kier alpha value is -2.48. The van der Waals surface area contributed by atoms with Gasteiger partial charge in [-0.3, -0.25) is 4.90 Å². The van der Waals surface area contributed by atoms with Crippen molar-refractivity contribution in [2.45, 2.75) is 77.5 Å². The summed E-state index contributed by atoms with van der Waals surface area (Å²) in [5.41, 5.74) is 4.77. The monoisotopic (exact) mass is 504 g/mol. The van der Waals surface area contributed by atoms with Gasteiger partial charge in [0.05, 0.1) is 6.10 Å². The van der Waals surface area contributed by atoms with Crippen molar-refractivity contribution in [2.75, 3.05) is 44.6 Å². The van der Waals surface area contributed by atoms with Gasteiger partial charge in [0.2, 0.25) is 5.95 Å². The van der Waals surface area contributed by atoms with Gasteiger partial charge in [-0.25, -0.2) is 4.98 Å². The highest BCUT2D eigenvalue weighted by atomic mass is 16.3. The highest BCUT2D eigenvalue weighted by Gasteiger charge is 2.25. The lowest BCUT2D eigenvalue weighted by molar-refractivity contribution is 0.106. The summed E-state index contributed by atoms with van der Waals surface area (Å²) in [5, 5.41) is 14.6. The maximum Gasteiger partial charge on any atom is 0.224 e. The first-order valence-electron chi connectivity index (χ1n) is 14.4. The molecule has 1 aromatic carbocycles. The molecule has 1 atom stereocenters. The third-order valence-electron chi connectivity index (χ3n) is 8.55. The van der Waals surface area contributed by atoms with Gasteiger partial charge in [-0.1, -0.05) is 44.5 Å². The Balaban J connectivity index is 1.41. The van der Waals surface area contributed by atoms with E-state index in [1.807, 2.05) is 6.20 Å². The molecule has 2 aromatic heterocycles. The predicted molar refractivity (Wildman–Crippen MR) is 152 cm³/mol. The molecule has 0 spiro atoms. The van der Waals surface area contributed by atoms with E-state index in [4.69, 9.17) is 4.98 Å². The van der Waals surface area contributed by atoms with E-state index in [-0.39, 0.29) is 6.10 Å². The largest absolute Gasteiger partial charge is 0.393 e. The van der Waals surface area contributed by atoms with E-state index >= 15 is 0 Å². The van der Waals surface area contributed by atoms with Crippen molar-refractivity contribution in [1.29, 1.82) is 0 Å². The second-order valence-corrected chi connectivity index (χ2v) is 10.9. The zero-order valence-corrected chi connectivity index (χ0v) is 22.9. The second-order valence-electron chi connectivity index (χ2n) is 10.9. The maximum absolute atomic E-state index is 10.1. The number of fused-ring (bicyclic) bond motifs is 1. The second kappa shape index (κ2) is 11.9. The first-order chi connectivity index (χ1) is 18.1. The minimum absolute atomic E-state index is 0.169. The van der Waals surface area contributed by atoms with Crippen molar-refractivity contribution in [2.24, 2.45) is 0 Å². The fraction of sp³-hybridized carbons (Fsp3) is 0.600. The minimum atomic E-state index is -0.169. The van der Waals surface area contributed by atoms with Crippen molar-refractivity contribution >= 4 is 17.0 Å². The van der Waals surface area contributed by atoms with E-state index in [1.54, 1.807) is 0 Å². The van der Waals surface area contributed by atoms with Crippen LogP contribution in [0.25, 0.3) is 22.2 Å². The third-order valence-corrected chi connectivity index (χ3v) is 8.55. The Kier molecular flexibility index (Phi) is 8.43. The predicted octanol–water partition coefficient (Wildman–Crippen LogP) is 5.48. The van der Waals surface area contributed by atoms with Crippen LogP contribution < -0.4 is 5.32 Å². The van der Waals surface area contributed by atoms with E-state index in [0.29, 0.717) is 18.0 Å². The van der Waals surface area contributed by atoms with Crippen molar-refractivity contribution in [3.63, 3.8) is 0 Å². The fourth-order valence-corrected chi connectivity index (χ4v) is 5.96. The first-order valence-corrected chi connectivity index (χ1v) is 14.4. The molecule has 0 radical (unpaired) electrons. The summed E-state index contributed by atoms with van der Waals surface area (Å²) in [6, 6.07) is 9.92. The SMILES string of the molecule is CCCCNc1ncc2c(-c3ccc([C@H](C)N4CCN(CC)CC4)cc3)cn([C@H]3CC[C@H](O)CC3)c2n1. The molecule has 37 heavy (non-hydrogen) atoms. The number of unbranched alkanes of at least 4 members (excludes halogenated alkanes) is 1. The number of aliphatic hydroxyl groups is 1. The molecule has 0 amide bonds. The van der Waals surface area contributed by atoms with Crippen LogP contribution in [-0.4, -0.2) is 74.8 Å². The molecule has 200 valence electrons. The Morgan fingerprint density at radius 2 is 1.76 bits per heavy atom. The van der Waals surface area contributed by atoms with Crippen LogP contribution in [0.2, 0.25) is 0 Å². The molecule has 0 unspecified atom stereocenters. The standard InChI is InChI=1S/C30H44N6O/c1-4-6-15-31-30-32-20-27-28(21-36(29(27)33-30)25-11-13-26(37)14-12-25)24-9-7-23(8-10-24)22(3)35-18-16-34(5-2)17-19-35/h7-10,20-22,25-26,37H,4-6,11-19H2,1-3H3,(H,31,32,33)/t22-,25-,26-/m0/s1. The van der Waals surface area contributed by atoms with Crippen molar-refractivity contribution in [3.05, 3.63) is 42.2 Å². The summed E-state index contributed by atoms with van der Waals surface area (Å²) in [6.07, 6.45) is 10.0. The Bertz CT molecular complexity index is 1140. The smallest absolute Gasteiger partial charge is 0.224 e. The Morgan fingerprint density at radius 3 is 2.43 bits per heavy atom. The number of hydrogen-bond donors (Lipinski definition) is 2. The highest BCUT2D eigenvalue weighted by molar-refractivity contribution is 5.94. The first kappa shape index (κ1) is 26.1.